The summed E-state index contributed by atoms with van der Waals surface area (Å²) in [6.07, 6.45) is 6.39. The number of aromatic nitrogens is 1. The maximum Gasteiger partial charge on any atom is 0.224 e. The van der Waals surface area contributed by atoms with Crippen molar-refractivity contribution in [3.8, 4) is 11.5 Å². The number of benzene rings is 1. The lowest BCUT2D eigenvalue weighted by Gasteiger charge is -2.28. The summed E-state index contributed by atoms with van der Waals surface area (Å²) in [5.74, 6) is 2.17. The molecule has 1 aromatic carbocycles. The van der Waals surface area contributed by atoms with Crippen molar-refractivity contribution in [3.05, 3.63) is 48.3 Å². The summed E-state index contributed by atoms with van der Waals surface area (Å²) >= 11 is 0. The van der Waals surface area contributed by atoms with Crippen LogP contribution in [0, 0.1) is 11.8 Å². The van der Waals surface area contributed by atoms with Gasteiger partial charge < -0.3 is 20.1 Å². The minimum atomic E-state index is 0.0291. The van der Waals surface area contributed by atoms with Crippen LogP contribution in [0.5, 0.6) is 11.5 Å². The van der Waals surface area contributed by atoms with Gasteiger partial charge in [-0.15, -0.1) is 0 Å². The van der Waals surface area contributed by atoms with Crippen LogP contribution in [0.15, 0.2) is 42.7 Å². The van der Waals surface area contributed by atoms with Crippen LogP contribution in [0.4, 0.5) is 5.69 Å². The van der Waals surface area contributed by atoms with E-state index in [4.69, 9.17) is 9.47 Å². The quantitative estimate of drug-likeness (QED) is 0.728. The van der Waals surface area contributed by atoms with Crippen LogP contribution in [-0.4, -0.2) is 31.1 Å². The largest absolute Gasteiger partial charge is 0.493 e. The van der Waals surface area contributed by atoms with E-state index in [0.29, 0.717) is 42.0 Å². The highest BCUT2D eigenvalue weighted by molar-refractivity contribution is 5.91. The molecule has 1 fully saturated rings. The number of ether oxygens (including phenoxy) is 2. The molecule has 1 aliphatic heterocycles. The van der Waals surface area contributed by atoms with Crippen molar-refractivity contribution >= 4 is 11.6 Å². The number of hydrogen-bond acceptors (Lipinski definition) is 5. The average molecular weight is 383 g/mol. The van der Waals surface area contributed by atoms with Gasteiger partial charge in [0.25, 0.3) is 0 Å². The van der Waals surface area contributed by atoms with Gasteiger partial charge in [-0.25, -0.2) is 0 Å². The molecule has 6 nitrogen and oxygen atoms in total. The Morgan fingerprint density at radius 2 is 2.25 bits per heavy atom. The zero-order chi connectivity index (χ0) is 19.8. The smallest absolute Gasteiger partial charge is 0.224 e. The van der Waals surface area contributed by atoms with Crippen molar-refractivity contribution in [2.45, 2.75) is 32.8 Å². The number of nitrogens with one attached hydrogen (secondary N) is 2. The maximum atomic E-state index is 12.5. The third-order valence-corrected chi connectivity index (χ3v) is 5.21. The number of pyridine rings is 1. The Labute approximate surface area is 166 Å². The van der Waals surface area contributed by atoms with Gasteiger partial charge in [0, 0.05) is 36.1 Å². The topological polar surface area (TPSA) is 72.5 Å². The number of methoxy groups -OCH3 is 1. The van der Waals surface area contributed by atoms with E-state index in [1.54, 1.807) is 25.6 Å². The first-order valence-electron chi connectivity index (χ1n) is 9.86. The van der Waals surface area contributed by atoms with Crippen molar-refractivity contribution in [2.24, 2.45) is 11.8 Å². The molecule has 1 aromatic heterocycles. The van der Waals surface area contributed by atoms with Crippen LogP contribution in [0.2, 0.25) is 0 Å². The second kappa shape index (κ2) is 10.1. The molecule has 1 amide bonds. The van der Waals surface area contributed by atoms with Crippen molar-refractivity contribution in [2.75, 3.05) is 25.5 Å². The maximum absolute atomic E-state index is 12.5. The number of piperidine rings is 1. The van der Waals surface area contributed by atoms with Crippen molar-refractivity contribution in [3.63, 3.8) is 0 Å². The number of anilines is 1. The van der Waals surface area contributed by atoms with E-state index in [9.17, 15) is 4.79 Å². The number of carbonyl (C=O) groups excluding carboxylic acids is 1. The average Bonchev–Trinajstić information content (AvgIpc) is 2.73. The Balaban J connectivity index is 1.59. The van der Waals surface area contributed by atoms with E-state index in [0.717, 1.165) is 18.7 Å². The Morgan fingerprint density at radius 1 is 1.36 bits per heavy atom. The first kappa shape index (κ1) is 20.1. The molecule has 0 saturated carbocycles. The summed E-state index contributed by atoms with van der Waals surface area (Å²) in [7, 11) is 1.60. The number of hydrogen-bond donors (Lipinski definition) is 2. The molecule has 28 heavy (non-hydrogen) atoms. The normalized spacial score (nSPS) is 17.6. The fourth-order valence-electron chi connectivity index (χ4n) is 3.55. The Kier molecular flexibility index (Phi) is 7.25. The first-order chi connectivity index (χ1) is 13.7. The predicted octanol–water partition coefficient (Wildman–Crippen LogP) is 3.63. The molecular weight excluding hydrogens is 354 g/mol. The van der Waals surface area contributed by atoms with Gasteiger partial charge in [0.05, 0.1) is 7.11 Å². The molecule has 0 aliphatic carbocycles. The van der Waals surface area contributed by atoms with E-state index in [1.807, 2.05) is 24.3 Å². The van der Waals surface area contributed by atoms with Crippen LogP contribution < -0.4 is 20.1 Å². The second-order valence-electron chi connectivity index (χ2n) is 7.35. The zero-order valence-corrected chi connectivity index (χ0v) is 16.6. The number of nitrogens with zero attached hydrogens (tertiary/aromatic N) is 1. The molecule has 0 bridgehead atoms. The lowest BCUT2D eigenvalue weighted by Crippen LogP contribution is -2.34. The SMILES string of the molecule is COc1ccc(NC(=O)CC(C)C2CCCNC2)cc1OCc1cccnc1. The molecule has 1 saturated heterocycles. The van der Waals surface area contributed by atoms with Crippen LogP contribution in [0.25, 0.3) is 0 Å². The molecule has 2 aromatic rings. The molecular formula is C22H29N3O3. The standard InChI is InChI=1S/C22H29N3O3/c1-16(18-6-4-10-24-14-18)11-22(26)25-19-7-8-20(27-2)21(12-19)28-15-17-5-3-9-23-13-17/h3,5,7-9,12-13,16,18,24H,4,6,10-11,14-15H2,1-2H3,(H,25,26). The van der Waals surface area contributed by atoms with E-state index < -0.39 is 0 Å². The second-order valence-corrected chi connectivity index (χ2v) is 7.35. The molecule has 2 heterocycles. The third kappa shape index (κ3) is 5.70. The van der Waals surface area contributed by atoms with E-state index in [2.05, 4.69) is 22.5 Å². The highest BCUT2D eigenvalue weighted by atomic mass is 16.5. The van der Waals surface area contributed by atoms with E-state index in [1.165, 1.54) is 12.8 Å². The summed E-state index contributed by atoms with van der Waals surface area (Å²) < 4.78 is 11.3. The van der Waals surface area contributed by atoms with E-state index in [-0.39, 0.29) is 5.91 Å². The minimum absolute atomic E-state index is 0.0291. The Bertz CT molecular complexity index is 761. The van der Waals surface area contributed by atoms with Gasteiger partial charge in [-0.1, -0.05) is 13.0 Å². The van der Waals surface area contributed by atoms with Gasteiger partial charge in [-0.05, 0) is 56.0 Å². The zero-order valence-electron chi connectivity index (χ0n) is 16.6. The fourth-order valence-corrected chi connectivity index (χ4v) is 3.55. The highest BCUT2D eigenvalue weighted by Crippen LogP contribution is 2.31. The van der Waals surface area contributed by atoms with Crippen LogP contribution >= 0.6 is 0 Å². The Morgan fingerprint density at radius 3 is 2.96 bits per heavy atom. The monoisotopic (exact) mass is 383 g/mol. The minimum Gasteiger partial charge on any atom is -0.493 e. The molecule has 1 aliphatic rings. The van der Waals surface area contributed by atoms with Gasteiger partial charge in [0.2, 0.25) is 5.91 Å². The first-order valence-corrected chi connectivity index (χ1v) is 9.86. The van der Waals surface area contributed by atoms with Gasteiger partial charge in [-0.3, -0.25) is 9.78 Å². The van der Waals surface area contributed by atoms with Crippen molar-refractivity contribution < 1.29 is 14.3 Å². The lowest BCUT2D eigenvalue weighted by molar-refractivity contribution is -0.117. The molecule has 6 heteroatoms. The molecule has 0 spiro atoms. The van der Waals surface area contributed by atoms with Crippen LogP contribution in [-0.2, 0) is 11.4 Å². The number of carbonyl (C=O) groups is 1. The Hall–Kier alpha value is -2.60. The summed E-state index contributed by atoms with van der Waals surface area (Å²) in [6, 6.07) is 9.27. The lowest BCUT2D eigenvalue weighted by atomic mass is 9.85. The summed E-state index contributed by atoms with van der Waals surface area (Å²) in [6.45, 7) is 4.63. The van der Waals surface area contributed by atoms with Gasteiger partial charge in [0.1, 0.15) is 6.61 Å². The molecule has 0 radical (unpaired) electrons. The van der Waals surface area contributed by atoms with Gasteiger partial charge in [0.15, 0.2) is 11.5 Å². The molecule has 2 atom stereocenters. The van der Waals surface area contributed by atoms with Crippen LogP contribution in [0.1, 0.15) is 31.7 Å². The van der Waals surface area contributed by atoms with Crippen LogP contribution in [0.3, 0.4) is 0 Å². The van der Waals surface area contributed by atoms with Gasteiger partial charge >= 0.3 is 0 Å². The summed E-state index contributed by atoms with van der Waals surface area (Å²) in [4.78, 5) is 16.6. The van der Waals surface area contributed by atoms with Crippen molar-refractivity contribution in [1.82, 2.24) is 10.3 Å². The van der Waals surface area contributed by atoms with Crippen molar-refractivity contribution in [1.29, 1.82) is 0 Å². The predicted molar refractivity (Wildman–Crippen MR) is 110 cm³/mol. The highest BCUT2D eigenvalue weighted by Gasteiger charge is 2.22. The van der Waals surface area contributed by atoms with E-state index >= 15 is 0 Å². The fraction of sp³-hybridized carbons (Fsp3) is 0.455. The molecule has 150 valence electrons. The third-order valence-electron chi connectivity index (χ3n) is 5.21. The molecule has 2 N–H and O–H groups in total. The molecule has 3 rings (SSSR count). The summed E-state index contributed by atoms with van der Waals surface area (Å²) in [5, 5.41) is 6.41. The van der Waals surface area contributed by atoms with Gasteiger partial charge in [-0.2, -0.15) is 0 Å². The molecule has 2 unspecified atom stereocenters. The number of amides is 1. The summed E-state index contributed by atoms with van der Waals surface area (Å²) in [5.41, 5.74) is 1.68. The number of rotatable bonds is 8.